The van der Waals surface area contributed by atoms with Crippen LogP contribution in [0, 0.1) is 6.92 Å². The molecule has 4 heteroatoms. The van der Waals surface area contributed by atoms with Gasteiger partial charge in [0.15, 0.2) is 0 Å². The maximum absolute atomic E-state index is 4.55. The lowest BCUT2D eigenvalue weighted by atomic mass is 10.1. The second-order valence-electron chi connectivity index (χ2n) is 5.00. The predicted molar refractivity (Wildman–Crippen MR) is 86.4 cm³/mol. The van der Waals surface area contributed by atoms with Crippen molar-refractivity contribution in [2.75, 3.05) is 0 Å². The minimum atomic E-state index is 0.792. The van der Waals surface area contributed by atoms with Crippen LogP contribution in [-0.2, 0) is 12.2 Å². The van der Waals surface area contributed by atoms with E-state index in [1.807, 2.05) is 6.07 Å². The summed E-state index contributed by atoms with van der Waals surface area (Å²) in [6.45, 7) is 2.10. The van der Waals surface area contributed by atoms with Gasteiger partial charge in [0, 0.05) is 12.2 Å². The van der Waals surface area contributed by atoms with E-state index < -0.39 is 0 Å². The molecule has 2 aromatic carbocycles. The summed E-state index contributed by atoms with van der Waals surface area (Å²) < 4.78 is 0. The molecule has 21 heavy (non-hydrogen) atoms. The molecule has 0 spiro atoms. The van der Waals surface area contributed by atoms with Gasteiger partial charge in [-0.15, -0.1) is 5.10 Å². The third-order valence-corrected chi connectivity index (χ3v) is 4.09. The fourth-order valence-corrected chi connectivity index (χ4v) is 2.93. The number of thioether (sulfide) groups is 1. The highest BCUT2D eigenvalue weighted by Crippen LogP contribution is 2.19. The Hall–Kier alpha value is -2.07. The van der Waals surface area contributed by atoms with Gasteiger partial charge in [0.1, 0.15) is 5.82 Å². The van der Waals surface area contributed by atoms with E-state index in [2.05, 4.69) is 70.6 Å². The summed E-state index contributed by atoms with van der Waals surface area (Å²) in [7, 11) is 0. The maximum atomic E-state index is 4.55. The van der Waals surface area contributed by atoms with E-state index in [0.717, 1.165) is 23.2 Å². The summed E-state index contributed by atoms with van der Waals surface area (Å²) in [5.41, 5.74) is 3.81. The second-order valence-corrected chi connectivity index (χ2v) is 5.95. The zero-order valence-electron chi connectivity index (χ0n) is 11.9. The number of rotatable bonds is 5. The summed E-state index contributed by atoms with van der Waals surface area (Å²) >= 11 is 1.65. The first-order valence-electron chi connectivity index (χ1n) is 6.93. The van der Waals surface area contributed by atoms with E-state index in [9.17, 15) is 0 Å². The Morgan fingerprint density at radius 3 is 2.62 bits per heavy atom. The number of H-pyrrole nitrogens is 1. The van der Waals surface area contributed by atoms with E-state index in [-0.39, 0.29) is 0 Å². The average Bonchev–Trinajstić information content (AvgIpc) is 2.94. The van der Waals surface area contributed by atoms with Gasteiger partial charge >= 0.3 is 0 Å². The summed E-state index contributed by atoms with van der Waals surface area (Å²) in [6.07, 6.45) is 0.792. The smallest absolute Gasteiger partial charge is 0.208 e. The van der Waals surface area contributed by atoms with Crippen LogP contribution >= 0.6 is 11.8 Å². The molecule has 0 unspecified atom stereocenters. The molecule has 0 aliphatic rings. The number of aromatic nitrogens is 3. The SMILES string of the molecule is Cc1cccc(Cc2nc(SCc3ccccc3)n[nH]2)c1. The summed E-state index contributed by atoms with van der Waals surface area (Å²) in [5, 5.41) is 8.11. The highest BCUT2D eigenvalue weighted by Gasteiger charge is 2.05. The zero-order chi connectivity index (χ0) is 14.5. The highest BCUT2D eigenvalue weighted by atomic mass is 32.2. The maximum Gasteiger partial charge on any atom is 0.208 e. The fraction of sp³-hybridized carbons (Fsp3) is 0.176. The molecule has 0 saturated heterocycles. The van der Waals surface area contributed by atoms with Crippen molar-refractivity contribution in [1.82, 2.24) is 15.2 Å². The molecular formula is C17H17N3S. The van der Waals surface area contributed by atoms with Crippen LogP contribution in [0.25, 0.3) is 0 Å². The first kappa shape index (κ1) is 13.9. The van der Waals surface area contributed by atoms with E-state index in [0.29, 0.717) is 0 Å². The quantitative estimate of drug-likeness (QED) is 0.723. The largest absolute Gasteiger partial charge is 0.262 e. The van der Waals surface area contributed by atoms with Gasteiger partial charge in [-0.2, -0.15) is 0 Å². The Labute approximate surface area is 128 Å². The third-order valence-electron chi connectivity index (χ3n) is 3.18. The Kier molecular flexibility index (Phi) is 4.36. The second kappa shape index (κ2) is 6.59. The van der Waals surface area contributed by atoms with Gasteiger partial charge in [-0.1, -0.05) is 71.9 Å². The molecule has 3 rings (SSSR count). The van der Waals surface area contributed by atoms with Gasteiger partial charge in [0.2, 0.25) is 5.16 Å². The van der Waals surface area contributed by atoms with E-state index >= 15 is 0 Å². The molecule has 0 bridgehead atoms. The Bertz CT molecular complexity index is 707. The van der Waals surface area contributed by atoms with E-state index in [1.165, 1.54) is 16.7 Å². The molecule has 106 valence electrons. The van der Waals surface area contributed by atoms with Gasteiger partial charge < -0.3 is 0 Å². The van der Waals surface area contributed by atoms with Crippen molar-refractivity contribution >= 4 is 11.8 Å². The van der Waals surface area contributed by atoms with Crippen LogP contribution in [0.15, 0.2) is 59.8 Å². The monoisotopic (exact) mass is 295 g/mol. The molecule has 0 fully saturated rings. The Morgan fingerprint density at radius 2 is 1.81 bits per heavy atom. The van der Waals surface area contributed by atoms with Crippen molar-refractivity contribution < 1.29 is 0 Å². The average molecular weight is 295 g/mol. The molecule has 0 aliphatic heterocycles. The molecular weight excluding hydrogens is 278 g/mol. The van der Waals surface area contributed by atoms with Crippen LogP contribution in [0.2, 0.25) is 0 Å². The lowest BCUT2D eigenvalue weighted by Crippen LogP contribution is -1.91. The van der Waals surface area contributed by atoms with Crippen molar-refractivity contribution in [3.05, 3.63) is 77.1 Å². The topological polar surface area (TPSA) is 41.6 Å². The number of nitrogens with zero attached hydrogens (tertiary/aromatic N) is 2. The zero-order valence-corrected chi connectivity index (χ0v) is 12.7. The van der Waals surface area contributed by atoms with Crippen molar-refractivity contribution in [3.8, 4) is 0 Å². The highest BCUT2D eigenvalue weighted by molar-refractivity contribution is 7.98. The van der Waals surface area contributed by atoms with Crippen LogP contribution in [0.4, 0.5) is 0 Å². The van der Waals surface area contributed by atoms with Gasteiger partial charge in [0.25, 0.3) is 0 Å². The number of nitrogens with one attached hydrogen (secondary N) is 1. The van der Waals surface area contributed by atoms with Gasteiger partial charge in [-0.05, 0) is 18.1 Å². The van der Waals surface area contributed by atoms with Gasteiger partial charge in [0.05, 0.1) is 0 Å². The Balaban J connectivity index is 1.61. The first-order chi connectivity index (χ1) is 10.3. The van der Waals surface area contributed by atoms with Crippen molar-refractivity contribution in [2.45, 2.75) is 24.3 Å². The van der Waals surface area contributed by atoms with Crippen LogP contribution in [0.3, 0.4) is 0 Å². The molecule has 0 saturated carbocycles. The molecule has 3 nitrogen and oxygen atoms in total. The third kappa shape index (κ3) is 3.95. The van der Waals surface area contributed by atoms with Crippen LogP contribution < -0.4 is 0 Å². The molecule has 1 heterocycles. The van der Waals surface area contributed by atoms with E-state index in [4.69, 9.17) is 0 Å². The molecule has 0 aliphatic carbocycles. The summed E-state index contributed by atoms with van der Waals surface area (Å²) in [5.74, 6) is 1.80. The number of benzene rings is 2. The molecule has 1 N–H and O–H groups in total. The molecule has 0 radical (unpaired) electrons. The van der Waals surface area contributed by atoms with Crippen LogP contribution in [0.5, 0.6) is 0 Å². The van der Waals surface area contributed by atoms with Crippen molar-refractivity contribution in [2.24, 2.45) is 0 Å². The summed E-state index contributed by atoms with van der Waals surface area (Å²) in [4.78, 5) is 4.55. The van der Waals surface area contributed by atoms with E-state index in [1.54, 1.807) is 11.8 Å². The molecule has 0 atom stereocenters. The lowest BCUT2D eigenvalue weighted by Gasteiger charge is -1.99. The van der Waals surface area contributed by atoms with Crippen molar-refractivity contribution in [3.63, 3.8) is 0 Å². The number of aryl methyl sites for hydroxylation is 1. The normalized spacial score (nSPS) is 10.7. The van der Waals surface area contributed by atoms with Gasteiger partial charge in [-0.3, -0.25) is 5.10 Å². The predicted octanol–water partition coefficient (Wildman–Crippen LogP) is 4.00. The van der Waals surface area contributed by atoms with Gasteiger partial charge in [-0.25, -0.2) is 4.98 Å². The summed E-state index contributed by atoms with van der Waals surface area (Å²) in [6, 6.07) is 18.8. The minimum Gasteiger partial charge on any atom is -0.262 e. The standard InChI is InChI=1S/C17H17N3S/c1-13-6-5-9-15(10-13)11-16-18-17(20-19-16)21-12-14-7-3-2-4-8-14/h2-10H,11-12H2,1H3,(H,18,19,20). The Morgan fingerprint density at radius 1 is 1.00 bits per heavy atom. The number of aromatic amines is 1. The van der Waals surface area contributed by atoms with Crippen molar-refractivity contribution in [1.29, 1.82) is 0 Å². The van der Waals surface area contributed by atoms with Crippen LogP contribution in [-0.4, -0.2) is 15.2 Å². The fourth-order valence-electron chi connectivity index (χ4n) is 2.16. The molecule has 0 amide bonds. The van der Waals surface area contributed by atoms with Crippen LogP contribution in [0.1, 0.15) is 22.5 Å². The lowest BCUT2D eigenvalue weighted by molar-refractivity contribution is 0.956. The molecule has 3 aromatic rings. The number of hydrogen-bond acceptors (Lipinski definition) is 3. The first-order valence-corrected chi connectivity index (χ1v) is 7.92. The molecule has 1 aromatic heterocycles. The minimum absolute atomic E-state index is 0.792. The number of hydrogen-bond donors (Lipinski definition) is 1.